The van der Waals surface area contributed by atoms with Gasteiger partial charge in [-0.3, -0.25) is 4.79 Å². The van der Waals surface area contributed by atoms with Crippen molar-refractivity contribution in [2.24, 2.45) is 0 Å². The first-order chi connectivity index (χ1) is 8.58. The maximum atomic E-state index is 11.4. The van der Waals surface area contributed by atoms with E-state index in [1.165, 1.54) is 6.42 Å². The third-order valence-corrected chi connectivity index (χ3v) is 3.05. The van der Waals surface area contributed by atoms with Crippen LogP contribution in [0.3, 0.4) is 0 Å². The van der Waals surface area contributed by atoms with E-state index in [0.717, 1.165) is 23.4 Å². The van der Waals surface area contributed by atoms with Gasteiger partial charge in [0.05, 0.1) is 0 Å². The van der Waals surface area contributed by atoms with E-state index >= 15 is 0 Å². The van der Waals surface area contributed by atoms with Crippen molar-refractivity contribution in [2.75, 3.05) is 10.6 Å². The molecule has 0 aliphatic carbocycles. The Balaban J connectivity index is 2.81. The molecule has 3 heteroatoms. The van der Waals surface area contributed by atoms with Crippen LogP contribution in [0.1, 0.15) is 45.6 Å². The molecule has 0 aliphatic heterocycles. The fourth-order valence-electron chi connectivity index (χ4n) is 1.94. The lowest BCUT2D eigenvalue weighted by atomic mass is 10.1. The molecule has 0 bridgehead atoms. The number of hydrogen-bond donors (Lipinski definition) is 2. The lowest BCUT2D eigenvalue weighted by Gasteiger charge is -2.18. The lowest BCUT2D eigenvalue weighted by molar-refractivity contribution is -0.115. The normalized spacial score (nSPS) is 12.0. The molecule has 1 aromatic rings. The molecule has 0 saturated carbocycles. The minimum Gasteiger partial charge on any atom is -0.382 e. The number of carbonyl (C=O) groups is 1. The van der Waals surface area contributed by atoms with Crippen molar-refractivity contribution in [3.8, 4) is 0 Å². The maximum Gasteiger partial charge on any atom is 0.224 e. The summed E-state index contributed by atoms with van der Waals surface area (Å²) in [6.45, 7) is 8.26. The van der Waals surface area contributed by atoms with Crippen molar-refractivity contribution >= 4 is 17.3 Å². The van der Waals surface area contributed by atoms with Gasteiger partial charge in [-0.15, -0.1) is 0 Å². The van der Waals surface area contributed by atoms with Gasteiger partial charge in [-0.25, -0.2) is 0 Å². The van der Waals surface area contributed by atoms with E-state index in [1.807, 2.05) is 26.0 Å². The fourth-order valence-corrected chi connectivity index (χ4v) is 1.94. The van der Waals surface area contributed by atoms with Gasteiger partial charge >= 0.3 is 0 Å². The first-order valence-electron chi connectivity index (χ1n) is 6.74. The molecule has 0 saturated heterocycles. The molecule has 0 fully saturated rings. The Bertz CT molecular complexity index is 401. The van der Waals surface area contributed by atoms with Gasteiger partial charge in [0, 0.05) is 23.8 Å². The van der Waals surface area contributed by atoms with Crippen LogP contribution in [0.4, 0.5) is 11.4 Å². The Kier molecular flexibility index (Phi) is 5.69. The quantitative estimate of drug-likeness (QED) is 0.800. The summed E-state index contributed by atoms with van der Waals surface area (Å²) in [4.78, 5) is 11.4. The van der Waals surface area contributed by atoms with E-state index in [-0.39, 0.29) is 5.91 Å². The molecule has 18 heavy (non-hydrogen) atoms. The first-order valence-corrected chi connectivity index (χ1v) is 6.74. The van der Waals surface area contributed by atoms with E-state index in [2.05, 4.69) is 30.5 Å². The standard InChI is InChI=1S/C15H24N2O/c1-5-8-11(3)16-13-9-7-10-14(12(13)4)17-15(18)6-2/h7,9-11,16H,5-6,8H2,1-4H3,(H,17,18). The number of nitrogens with one attached hydrogen (secondary N) is 2. The molecule has 2 N–H and O–H groups in total. The predicted octanol–water partition coefficient (Wildman–Crippen LogP) is 3.94. The highest BCUT2D eigenvalue weighted by Crippen LogP contribution is 2.24. The molecule has 0 radical (unpaired) electrons. The number of benzene rings is 1. The van der Waals surface area contributed by atoms with Gasteiger partial charge in [0.25, 0.3) is 0 Å². The van der Waals surface area contributed by atoms with E-state index in [0.29, 0.717) is 12.5 Å². The molecule has 1 atom stereocenters. The second-order valence-electron chi connectivity index (χ2n) is 4.71. The van der Waals surface area contributed by atoms with Gasteiger partial charge in [-0.2, -0.15) is 0 Å². The maximum absolute atomic E-state index is 11.4. The molecule has 0 heterocycles. The summed E-state index contributed by atoms with van der Waals surface area (Å²) in [5.41, 5.74) is 3.10. The van der Waals surface area contributed by atoms with Gasteiger partial charge in [-0.05, 0) is 38.0 Å². The molecular weight excluding hydrogens is 224 g/mol. The third kappa shape index (κ3) is 4.06. The van der Waals surface area contributed by atoms with Gasteiger partial charge in [0.15, 0.2) is 0 Å². The molecule has 1 aromatic carbocycles. The molecule has 1 unspecified atom stereocenters. The molecule has 100 valence electrons. The summed E-state index contributed by atoms with van der Waals surface area (Å²) < 4.78 is 0. The topological polar surface area (TPSA) is 41.1 Å². The molecule has 3 nitrogen and oxygen atoms in total. The van der Waals surface area contributed by atoms with Crippen LogP contribution < -0.4 is 10.6 Å². The summed E-state index contributed by atoms with van der Waals surface area (Å²) >= 11 is 0. The van der Waals surface area contributed by atoms with E-state index < -0.39 is 0 Å². The summed E-state index contributed by atoms with van der Waals surface area (Å²) in [5.74, 6) is 0.0526. The second-order valence-corrected chi connectivity index (χ2v) is 4.71. The zero-order valence-electron chi connectivity index (χ0n) is 11.8. The van der Waals surface area contributed by atoms with Gasteiger partial charge in [-0.1, -0.05) is 26.3 Å². The lowest BCUT2D eigenvalue weighted by Crippen LogP contribution is -2.16. The average molecular weight is 248 g/mol. The minimum atomic E-state index is 0.0526. The van der Waals surface area contributed by atoms with Crippen molar-refractivity contribution in [3.05, 3.63) is 23.8 Å². The SMILES string of the molecule is CCCC(C)Nc1cccc(NC(=O)CC)c1C. The number of anilines is 2. The van der Waals surface area contributed by atoms with Crippen molar-refractivity contribution in [3.63, 3.8) is 0 Å². The third-order valence-electron chi connectivity index (χ3n) is 3.05. The number of amides is 1. The molecule has 0 spiro atoms. The monoisotopic (exact) mass is 248 g/mol. The van der Waals surface area contributed by atoms with Gasteiger partial charge < -0.3 is 10.6 Å². The van der Waals surface area contributed by atoms with Crippen molar-refractivity contribution in [1.82, 2.24) is 0 Å². The highest BCUT2D eigenvalue weighted by atomic mass is 16.1. The molecule has 0 aromatic heterocycles. The molecular formula is C15H24N2O. The number of hydrogen-bond acceptors (Lipinski definition) is 2. The van der Waals surface area contributed by atoms with Gasteiger partial charge in [0.2, 0.25) is 5.91 Å². The smallest absolute Gasteiger partial charge is 0.224 e. The predicted molar refractivity (Wildman–Crippen MR) is 78.1 cm³/mol. The highest BCUT2D eigenvalue weighted by molar-refractivity contribution is 5.92. The number of rotatable bonds is 6. The zero-order valence-corrected chi connectivity index (χ0v) is 11.8. The summed E-state index contributed by atoms with van der Waals surface area (Å²) in [6, 6.07) is 6.42. The Morgan fingerprint density at radius 3 is 2.56 bits per heavy atom. The van der Waals surface area contributed by atoms with Crippen molar-refractivity contribution < 1.29 is 4.79 Å². The Labute approximate surface area is 110 Å². The van der Waals surface area contributed by atoms with Crippen LogP contribution in [0.5, 0.6) is 0 Å². The molecule has 1 amide bonds. The van der Waals surface area contributed by atoms with E-state index in [4.69, 9.17) is 0 Å². The molecule has 1 rings (SSSR count). The van der Waals surface area contributed by atoms with Crippen LogP contribution >= 0.6 is 0 Å². The van der Waals surface area contributed by atoms with Crippen LogP contribution in [0.2, 0.25) is 0 Å². The Hall–Kier alpha value is -1.51. The first kappa shape index (κ1) is 14.6. The zero-order chi connectivity index (χ0) is 13.5. The fraction of sp³-hybridized carbons (Fsp3) is 0.533. The van der Waals surface area contributed by atoms with Gasteiger partial charge in [0.1, 0.15) is 0 Å². The van der Waals surface area contributed by atoms with Crippen LogP contribution in [0, 0.1) is 6.92 Å². The van der Waals surface area contributed by atoms with Crippen LogP contribution in [-0.2, 0) is 4.79 Å². The average Bonchev–Trinajstić information content (AvgIpc) is 2.34. The minimum absolute atomic E-state index is 0.0526. The highest BCUT2D eigenvalue weighted by Gasteiger charge is 2.08. The van der Waals surface area contributed by atoms with Crippen molar-refractivity contribution in [2.45, 2.75) is 53.0 Å². The van der Waals surface area contributed by atoms with Crippen LogP contribution in [0.25, 0.3) is 0 Å². The molecule has 0 aliphatic rings. The second kappa shape index (κ2) is 7.04. The van der Waals surface area contributed by atoms with E-state index in [1.54, 1.807) is 0 Å². The van der Waals surface area contributed by atoms with Crippen molar-refractivity contribution in [1.29, 1.82) is 0 Å². The van der Waals surface area contributed by atoms with Crippen LogP contribution in [-0.4, -0.2) is 11.9 Å². The van der Waals surface area contributed by atoms with Crippen LogP contribution in [0.15, 0.2) is 18.2 Å². The summed E-state index contributed by atoms with van der Waals surface area (Å²) in [6.07, 6.45) is 2.81. The Morgan fingerprint density at radius 2 is 1.94 bits per heavy atom. The Morgan fingerprint density at radius 1 is 1.28 bits per heavy atom. The largest absolute Gasteiger partial charge is 0.382 e. The van der Waals surface area contributed by atoms with E-state index in [9.17, 15) is 4.79 Å². The summed E-state index contributed by atoms with van der Waals surface area (Å²) in [7, 11) is 0. The summed E-state index contributed by atoms with van der Waals surface area (Å²) in [5, 5.41) is 6.42. The number of carbonyl (C=O) groups excluding carboxylic acids is 1.